The molecule has 6 nitrogen and oxygen atoms in total. The normalized spacial score (nSPS) is 11.3. The van der Waals surface area contributed by atoms with Crippen LogP contribution in [0.3, 0.4) is 0 Å². The van der Waals surface area contributed by atoms with Gasteiger partial charge in [0.2, 0.25) is 5.91 Å². The summed E-state index contributed by atoms with van der Waals surface area (Å²) in [6, 6.07) is 19.1. The Balaban J connectivity index is 1.89. The quantitative estimate of drug-likeness (QED) is 0.442. The Hall–Kier alpha value is -2.74. The van der Waals surface area contributed by atoms with Crippen LogP contribution in [0, 0.1) is 0 Å². The number of sulfonamides is 1. The van der Waals surface area contributed by atoms with Crippen LogP contribution in [0.2, 0.25) is 10.0 Å². The van der Waals surface area contributed by atoms with Gasteiger partial charge >= 0.3 is 0 Å². The smallest absolute Gasteiger partial charge is 0.264 e. The largest absolute Gasteiger partial charge is 0.491 e. The van der Waals surface area contributed by atoms with Crippen molar-refractivity contribution in [1.29, 1.82) is 0 Å². The SMILES string of the molecule is CC(C)Oc1ccc(NC(=O)CN(c2cc(Cl)ccc2Cl)S(=O)(=O)c2ccccc2)cc1. The lowest BCUT2D eigenvalue weighted by atomic mass is 10.3. The number of nitrogens with zero attached hydrogens (tertiary/aromatic N) is 1. The topological polar surface area (TPSA) is 75.7 Å². The molecule has 1 amide bonds. The van der Waals surface area contributed by atoms with E-state index in [2.05, 4.69) is 5.32 Å². The molecule has 9 heteroatoms. The molecule has 3 rings (SSSR count). The molecule has 0 unspecified atom stereocenters. The number of rotatable bonds is 8. The van der Waals surface area contributed by atoms with Crippen molar-refractivity contribution in [3.63, 3.8) is 0 Å². The van der Waals surface area contributed by atoms with Crippen LogP contribution in [-0.4, -0.2) is 27.0 Å². The van der Waals surface area contributed by atoms with Gasteiger partial charge in [-0.3, -0.25) is 9.10 Å². The van der Waals surface area contributed by atoms with Gasteiger partial charge in [-0.25, -0.2) is 8.42 Å². The maximum atomic E-state index is 13.4. The van der Waals surface area contributed by atoms with E-state index >= 15 is 0 Å². The molecule has 0 aliphatic heterocycles. The number of carbonyl (C=O) groups is 1. The molecule has 168 valence electrons. The fourth-order valence-electron chi connectivity index (χ4n) is 2.92. The summed E-state index contributed by atoms with van der Waals surface area (Å²) in [5.74, 6) is 0.120. The van der Waals surface area contributed by atoms with Gasteiger partial charge in [0.15, 0.2) is 0 Å². The van der Waals surface area contributed by atoms with Crippen molar-refractivity contribution in [2.75, 3.05) is 16.2 Å². The fourth-order valence-corrected chi connectivity index (χ4v) is 4.81. The molecule has 0 aliphatic rings. The Kier molecular flexibility index (Phi) is 7.66. The molecule has 0 saturated heterocycles. The van der Waals surface area contributed by atoms with Crippen LogP contribution in [0.15, 0.2) is 77.7 Å². The van der Waals surface area contributed by atoms with E-state index in [0.29, 0.717) is 16.5 Å². The molecule has 32 heavy (non-hydrogen) atoms. The zero-order valence-corrected chi connectivity index (χ0v) is 19.8. The second kappa shape index (κ2) is 10.3. The number of benzene rings is 3. The molecular weight excluding hydrogens is 471 g/mol. The summed E-state index contributed by atoms with van der Waals surface area (Å²) in [5, 5.41) is 3.14. The van der Waals surface area contributed by atoms with Gasteiger partial charge in [-0.05, 0) is 68.4 Å². The molecule has 3 aromatic carbocycles. The molecule has 1 N–H and O–H groups in total. The summed E-state index contributed by atoms with van der Waals surface area (Å²) >= 11 is 12.4. The molecular formula is C23H22Cl2N2O4S. The number of ether oxygens (including phenoxy) is 1. The van der Waals surface area contributed by atoms with E-state index in [1.807, 2.05) is 13.8 Å². The summed E-state index contributed by atoms with van der Waals surface area (Å²) in [5.41, 5.74) is 0.610. The number of anilines is 2. The van der Waals surface area contributed by atoms with Crippen LogP contribution in [0.4, 0.5) is 11.4 Å². The molecule has 0 fully saturated rings. The molecule has 0 bridgehead atoms. The van der Waals surface area contributed by atoms with Gasteiger partial charge in [0, 0.05) is 10.7 Å². The Morgan fingerprint density at radius 2 is 1.66 bits per heavy atom. The van der Waals surface area contributed by atoms with E-state index in [1.54, 1.807) is 48.5 Å². The molecule has 0 radical (unpaired) electrons. The lowest BCUT2D eigenvalue weighted by Gasteiger charge is -2.25. The third-order valence-electron chi connectivity index (χ3n) is 4.31. The summed E-state index contributed by atoms with van der Waals surface area (Å²) < 4.78 is 33.3. The van der Waals surface area contributed by atoms with Crippen LogP contribution < -0.4 is 14.4 Å². The number of halogens is 2. The maximum absolute atomic E-state index is 13.4. The summed E-state index contributed by atoms with van der Waals surface area (Å²) in [7, 11) is -4.09. The first kappa shape index (κ1) is 23.9. The van der Waals surface area contributed by atoms with E-state index in [9.17, 15) is 13.2 Å². The van der Waals surface area contributed by atoms with Gasteiger partial charge < -0.3 is 10.1 Å². The van der Waals surface area contributed by atoms with Gasteiger partial charge in [-0.1, -0.05) is 41.4 Å². The summed E-state index contributed by atoms with van der Waals surface area (Å²) in [6.07, 6.45) is 0.0228. The highest BCUT2D eigenvalue weighted by Gasteiger charge is 2.29. The Bertz CT molecular complexity index is 1180. The van der Waals surface area contributed by atoms with Crippen molar-refractivity contribution in [1.82, 2.24) is 0 Å². The molecule has 0 saturated carbocycles. The molecule has 0 aliphatic carbocycles. The van der Waals surface area contributed by atoms with E-state index in [0.717, 1.165) is 4.31 Å². The lowest BCUT2D eigenvalue weighted by molar-refractivity contribution is -0.114. The van der Waals surface area contributed by atoms with Gasteiger partial charge in [-0.15, -0.1) is 0 Å². The molecule has 0 heterocycles. The van der Waals surface area contributed by atoms with Gasteiger partial charge in [0.1, 0.15) is 12.3 Å². The molecule has 0 atom stereocenters. The number of amides is 1. The summed E-state index contributed by atoms with van der Waals surface area (Å²) in [4.78, 5) is 12.8. The van der Waals surface area contributed by atoms with Gasteiger partial charge in [-0.2, -0.15) is 0 Å². The predicted molar refractivity (Wildman–Crippen MR) is 128 cm³/mol. The van der Waals surface area contributed by atoms with Crippen molar-refractivity contribution in [2.45, 2.75) is 24.8 Å². The first-order chi connectivity index (χ1) is 15.2. The molecule has 0 aromatic heterocycles. The summed E-state index contributed by atoms with van der Waals surface area (Å²) in [6.45, 7) is 3.33. The van der Waals surface area contributed by atoms with Crippen LogP contribution in [0.1, 0.15) is 13.8 Å². The Labute approximate surface area is 197 Å². The van der Waals surface area contributed by atoms with Crippen molar-refractivity contribution in [3.8, 4) is 5.75 Å². The van der Waals surface area contributed by atoms with Gasteiger partial charge in [0.25, 0.3) is 10.0 Å². The zero-order chi connectivity index (χ0) is 23.3. The van der Waals surface area contributed by atoms with Crippen molar-refractivity contribution in [3.05, 3.63) is 82.8 Å². The number of nitrogens with one attached hydrogen (secondary N) is 1. The monoisotopic (exact) mass is 492 g/mol. The third kappa shape index (κ3) is 5.94. The lowest BCUT2D eigenvalue weighted by Crippen LogP contribution is -2.38. The highest BCUT2D eigenvalue weighted by atomic mass is 35.5. The highest BCUT2D eigenvalue weighted by Crippen LogP contribution is 2.33. The minimum atomic E-state index is -4.09. The van der Waals surface area contributed by atoms with Crippen LogP contribution in [0.5, 0.6) is 5.75 Å². The third-order valence-corrected chi connectivity index (χ3v) is 6.63. The first-order valence-corrected chi connectivity index (χ1v) is 12.0. The second-order valence-electron chi connectivity index (χ2n) is 7.16. The minimum absolute atomic E-state index is 0.0228. The van der Waals surface area contributed by atoms with Crippen LogP contribution in [0.25, 0.3) is 0 Å². The highest BCUT2D eigenvalue weighted by molar-refractivity contribution is 7.92. The van der Waals surface area contributed by atoms with Crippen LogP contribution >= 0.6 is 23.2 Å². The van der Waals surface area contributed by atoms with Crippen molar-refractivity contribution in [2.24, 2.45) is 0 Å². The molecule has 3 aromatic rings. The number of carbonyl (C=O) groups excluding carboxylic acids is 1. The fraction of sp³-hybridized carbons (Fsp3) is 0.174. The minimum Gasteiger partial charge on any atom is -0.491 e. The average Bonchev–Trinajstić information content (AvgIpc) is 2.75. The predicted octanol–water partition coefficient (Wildman–Crippen LogP) is 5.61. The van der Waals surface area contributed by atoms with Crippen molar-refractivity contribution >= 4 is 50.5 Å². The zero-order valence-electron chi connectivity index (χ0n) is 17.5. The van der Waals surface area contributed by atoms with Crippen LogP contribution in [-0.2, 0) is 14.8 Å². The van der Waals surface area contributed by atoms with E-state index in [-0.39, 0.29) is 21.7 Å². The van der Waals surface area contributed by atoms with E-state index in [4.69, 9.17) is 27.9 Å². The van der Waals surface area contributed by atoms with Crippen molar-refractivity contribution < 1.29 is 17.9 Å². The van der Waals surface area contributed by atoms with E-state index in [1.165, 1.54) is 24.3 Å². The average molecular weight is 493 g/mol. The van der Waals surface area contributed by atoms with E-state index < -0.39 is 22.5 Å². The maximum Gasteiger partial charge on any atom is 0.264 e. The Morgan fingerprint density at radius 3 is 2.28 bits per heavy atom. The second-order valence-corrected chi connectivity index (χ2v) is 9.87. The standard InChI is InChI=1S/C23H22Cl2N2O4S/c1-16(2)31-19-11-9-18(10-12-19)26-23(28)15-27(22-14-17(24)8-13-21(22)25)32(29,30)20-6-4-3-5-7-20/h3-14,16H,15H2,1-2H3,(H,26,28). The molecule has 0 spiro atoms. The Morgan fingerprint density at radius 1 is 1.00 bits per heavy atom. The number of hydrogen-bond donors (Lipinski definition) is 1. The van der Waals surface area contributed by atoms with Gasteiger partial charge in [0.05, 0.1) is 21.7 Å². The first-order valence-electron chi connectivity index (χ1n) is 9.76. The number of hydrogen-bond acceptors (Lipinski definition) is 4.